The van der Waals surface area contributed by atoms with Crippen molar-refractivity contribution in [1.82, 2.24) is 5.32 Å². The number of benzene rings is 2. The predicted molar refractivity (Wildman–Crippen MR) is 91.9 cm³/mol. The van der Waals surface area contributed by atoms with Gasteiger partial charge in [0.1, 0.15) is 12.4 Å². The van der Waals surface area contributed by atoms with Crippen LogP contribution in [0.2, 0.25) is 0 Å². The highest BCUT2D eigenvalue weighted by molar-refractivity contribution is 9.10. The molecule has 1 N–H and O–H groups in total. The van der Waals surface area contributed by atoms with Gasteiger partial charge in [-0.1, -0.05) is 33.6 Å². The summed E-state index contributed by atoms with van der Waals surface area (Å²) in [7, 11) is 1.94. The number of hydrogen-bond acceptors (Lipinski definition) is 2. The third-order valence-electron chi connectivity index (χ3n) is 3.60. The molecule has 3 heteroatoms. The largest absolute Gasteiger partial charge is 0.489 e. The van der Waals surface area contributed by atoms with E-state index in [-0.39, 0.29) is 0 Å². The first-order valence-corrected chi connectivity index (χ1v) is 7.93. The third-order valence-corrected chi connectivity index (χ3v) is 4.10. The summed E-state index contributed by atoms with van der Waals surface area (Å²) in [6.45, 7) is 7.82. The number of halogens is 1. The van der Waals surface area contributed by atoms with E-state index in [2.05, 4.69) is 60.2 Å². The average molecular weight is 348 g/mol. The first kappa shape index (κ1) is 16.1. The van der Waals surface area contributed by atoms with E-state index in [0.717, 1.165) is 22.3 Å². The lowest BCUT2D eigenvalue weighted by atomic mass is 10.0. The minimum atomic E-state index is 0.607. The molecule has 2 aromatic carbocycles. The van der Waals surface area contributed by atoms with Gasteiger partial charge in [-0.2, -0.15) is 0 Å². The second-order valence-corrected chi connectivity index (χ2v) is 6.36. The molecule has 0 aliphatic heterocycles. The zero-order valence-corrected chi connectivity index (χ0v) is 14.7. The molecule has 0 heterocycles. The van der Waals surface area contributed by atoms with Crippen LogP contribution >= 0.6 is 15.9 Å². The highest BCUT2D eigenvalue weighted by Crippen LogP contribution is 2.25. The van der Waals surface area contributed by atoms with Gasteiger partial charge in [-0.25, -0.2) is 0 Å². The summed E-state index contributed by atoms with van der Waals surface area (Å²) in [5.41, 5.74) is 6.32. The maximum atomic E-state index is 6.07. The smallest absolute Gasteiger partial charge is 0.124 e. The number of rotatable bonds is 5. The van der Waals surface area contributed by atoms with E-state index in [9.17, 15) is 0 Å². The highest BCUT2D eigenvalue weighted by Gasteiger charge is 2.08. The Labute approximate surface area is 135 Å². The molecule has 0 amide bonds. The number of aryl methyl sites for hydroxylation is 3. The lowest BCUT2D eigenvalue weighted by molar-refractivity contribution is 0.300. The van der Waals surface area contributed by atoms with E-state index in [1.165, 1.54) is 22.3 Å². The van der Waals surface area contributed by atoms with Gasteiger partial charge in [0, 0.05) is 16.6 Å². The molecule has 0 aromatic heterocycles. The Morgan fingerprint density at radius 1 is 1.05 bits per heavy atom. The third kappa shape index (κ3) is 4.08. The van der Waals surface area contributed by atoms with Crippen LogP contribution in [0.4, 0.5) is 0 Å². The van der Waals surface area contributed by atoms with Crippen molar-refractivity contribution in [2.45, 2.75) is 33.9 Å². The average Bonchev–Trinajstić information content (AvgIpc) is 2.40. The molecular weight excluding hydrogens is 326 g/mol. The van der Waals surface area contributed by atoms with E-state index in [0.29, 0.717) is 6.61 Å². The van der Waals surface area contributed by atoms with Crippen molar-refractivity contribution in [3.8, 4) is 5.75 Å². The van der Waals surface area contributed by atoms with Gasteiger partial charge in [-0.3, -0.25) is 0 Å². The van der Waals surface area contributed by atoms with Crippen molar-refractivity contribution in [3.63, 3.8) is 0 Å². The quantitative estimate of drug-likeness (QED) is 0.848. The minimum Gasteiger partial charge on any atom is -0.489 e. The fourth-order valence-corrected chi connectivity index (χ4v) is 3.01. The van der Waals surface area contributed by atoms with Crippen molar-refractivity contribution in [1.29, 1.82) is 0 Å². The molecule has 0 unspecified atom stereocenters. The zero-order valence-electron chi connectivity index (χ0n) is 13.1. The second kappa shape index (κ2) is 7.10. The zero-order chi connectivity index (χ0) is 15.4. The van der Waals surface area contributed by atoms with Crippen LogP contribution < -0.4 is 10.1 Å². The van der Waals surface area contributed by atoms with Crippen LogP contribution in [0, 0.1) is 20.8 Å². The van der Waals surface area contributed by atoms with E-state index in [1.54, 1.807) is 0 Å². The molecule has 0 saturated carbocycles. The molecule has 21 heavy (non-hydrogen) atoms. The van der Waals surface area contributed by atoms with Gasteiger partial charge in [0.2, 0.25) is 0 Å². The minimum absolute atomic E-state index is 0.607. The summed E-state index contributed by atoms with van der Waals surface area (Å²) in [6, 6.07) is 10.6. The molecule has 0 aliphatic rings. The number of hydrogen-bond donors (Lipinski definition) is 1. The van der Waals surface area contributed by atoms with Gasteiger partial charge >= 0.3 is 0 Å². The SMILES string of the molecule is CNCc1cc(Br)ccc1OCc1c(C)cc(C)cc1C. The molecule has 0 bridgehead atoms. The van der Waals surface area contributed by atoms with Gasteiger partial charge in [-0.15, -0.1) is 0 Å². The maximum Gasteiger partial charge on any atom is 0.124 e. The molecule has 112 valence electrons. The summed E-state index contributed by atoms with van der Waals surface area (Å²) in [4.78, 5) is 0. The normalized spacial score (nSPS) is 10.7. The van der Waals surface area contributed by atoms with Gasteiger partial charge < -0.3 is 10.1 Å². The molecule has 0 atom stereocenters. The fourth-order valence-electron chi connectivity index (χ4n) is 2.60. The number of nitrogens with one attached hydrogen (secondary N) is 1. The van der Waals surface area contributed by atoms with Gasteiger partial charge in [0.15, 0.2) is 0 Å². The van der Waals surface area contributed by atoms with Crippen molar-refractivity contribution in [2.75, 3.05) is 7.05 Å². The molecule has 0 radical (unpaired) electrons. The van der Waals surface area contributed by atoms with Crippen molar-refractivity contribution >= 4 is 15.9 Å². The Bertz CT molecular complexity index is 614. The van der Waals surface area contributed by atoms with Crippen LogP contribution in [-0.2, 0) is 13.2 Å². The molecule has 0 aliphatic carbocycles. The molecular formula is C18H22BrNO. The van der Waals surface area contributed by atoms with Crippen LogP contribution in [0.15, 0.2) is 34.8 Å². The van der Waals surface area contributed by atoms with Crippen LogP contribution in [-0.4, -0.2) is 7.05 Å². The Hall–Kier alpha value is -1.32. The summed E-state index contributed by atoms with van der Waals surface area (Å²) >= 11 is 3.51. The molecule has 0 spiro atoms. The predicted octanol–water partition coefficient (Wildman–Crippen LogP) is 4.67. The summed E-state index contributed by atoms with van der Waals surface area (Å²) in [5, 5.41) is 3.18. The second-order valence-electron chi connectivity index (χ2n) is 5.45. The van der Waals surface area contributed by atoms with Gasteiger partial charge in [0.25, 0.3) is 0 Å². The van der Waals surface area contributed by atoms with E-state index >= 15 is 0 Å². The molecule has 0 fully saturated rings. The van der Waals surface area contributed by atoms with Crippen molar-refractivity contribution in [2.24, 2.45) is 0 Å². The van der Waals surface area contributed by atoms with E-state index < -0.39 is 0 Å². The lowest BCUT2D eigenvalue weighted by Crippen LogP contribution is -2.08. The maximum absolute atomic E-state index is 6.07. The monoisotopic (exact) mass is 347 g/mol. The molecule has 2 nitrogen and oxygen atoms in total. The Morgan fingerprint density at radius 3 is 2.33 bits per heavy atom. The molecule has 2 aromatic rings. The first-order chi connectivity index (χ1) is 10.0. The standard InChI is InChI=1S/C18H22BrNO/c1-12-7-13(2)17(14(3)8-12)11-21-18-6-5-16(19)9-15(18)10-20-4/h5-9,20H,10-11H2,1-4H3. The van der Waals surface area contributed by atoms with E-state index in [1.807, 2.05) is 19.2 Å². The lowest BCUT2D eigenvalue weighted by Gasteiger charge is -2.15. The first-order valence-electron chi connectivity index (χ1n) is 7.14. The summed E-state index contributed by atoms with van der Waals surface area (Å²) < 4.78 is 7.14. The fraction of sp³-hybridized carbons (Fsp3) is 0.333. The van der Waals surface area contributed by atoms with E-state index in [4.69, 9.17) is 4.74 Å². The topological polar surface area (TPSA) is 21.3 Å². The van der Waals surface area contributed by atoms with Crippen molar-refractivity contribution in [3.05, 3.63) is 62.6 Å². The van der Waals surface area contributed by atoms with Gasteiger partial charge in [-0.05, 0) is 62.7 Å². The van der Waals surface area contributed by atoms with Crippen LogP contribution in [0.1, 0.15) is 27.8 Å². The summed E-state index contributed by atoms with van der Waals surface area (Å²) in [5.74, 6) is 0.937. The van der Waals surface area contributed by atoms with Crippen LogP contribution in [0.25, 0.3) is 0 Å². The van der Waals surface area contributed by atoms with Crippen LogP contribution in [0.5, 0.6) is 5.75 Å². The highest BCUT2D eigenvalue weighted by atomic mass is 79.9. The summed E-state index contributed by atoms with van der Waals surface area (Å²) in [6.07, 6.45) is 0. The Balaban J connectivity index is 2.20. The van der Waals surface area contributed by atoms with Crippen molar-refractivity contribution < 1.29 is 4.74 Å². The Morgan fingerprint density at radius 2 is 1.71 bits per heavy atom. The molecule has 0 saturated heterocycles. The number of ether oxygens (including phenoxy) is 1. The van der Waals surface area contributed by atoms with Crippen LogP contribution in [0.3, 0.4) is 0 Å². The van der Waals surface area contributed by atoms with Gasteiger partial charge in [0.05, 0.1) is 0 Å². The molecule has 2 rings (SSSR count). The Kier molecular flexibility index (Phi) is 5.43.